The third-order valence-corrected chi connectivity index (χ3v) is 1.01. The van der Waals surface area contributed by atoms with E-state index in [1.165, 1.54) is 0 Å². The van der Waals surface area contributed by atoms with Gasteiger partial charge in [0.25, 0.3) is 0 Å². The Bertz CT molecular complexity index is 201. The molecule has 0 unspecified atom stereocenters. The normalized spacial score (nSPS) is 10.9. The SMILES string of the molecule is CO/N=C(/C(=O)O)C(=O)CCl. The van der Waals surface area contributed by atoms with E-state index in [-0.39, 0.29) is 0 Å². The number of ketones is 1. The molecule has 1 N–H and O–H groups in total. The molecule has 0 aliphatic carbocycles. The van der Waals surface area contributed by atoms with E-state index in [0.29, 0.717) is 0 Å². The topological polar surface area (TPSA) is 76.0 Å². The summed E-state index contributed by atoms with van der Waals surface area (Å²) in [7, 11) is 1.14. The molecule has 5 nitrogen and oxygen atoms in total. The molecule has 0 aromatic carbocycles. The molecule has 0 heterocycles. The molecule has 0 aliphatic rings. The average molecular weight is 180 g/mol. The van der Waals surface area contributed by atoms with E-state index in [4.69, 9.17) is 16.7 Å². The van der Waals surface area contributed by atoms with Crippen LogP contribution in [0.2, 0.25) is 0 Å². The molecule has 0 aromatic rings. The van der Waals surface area contributed by atoms with Crippen molar-refractivity contribution >= 4 is 29.1 Å². The van der Waals surface area contributed by atoms with Crippen molar-refractivity contribution in [2.75, 3.05) is 13.0 Å². The Morgan fingerprint density at radius 3 is 2.45 bits per heavy atom. The molecule has 0 bridgehead atoms. The molecule has 0 aromatic heterocycles. The number of alkyl halides is 1. The first-order valence-corrected chi connectivity index (χ1v) is 3.10. The molecular weight excluding hydrogens is 174 g/mol. The molecule has 0 rings (SSSR count). The summed E-state index contributed by atoms with van der Waals surface area (Å²) in [6.07, 6.45) is 0. The Kier molecular flexibility index (Phi) is 4.21. The maximum absolute atomic E-state index is 10.6. The lowest BCUT2D eigenvalue weighted by molar-refractivity contribution is -0.130. The Morgan fingerprint density at radius 1 is 1.64 bits per heavy atom. The van der Waals surface area contributed by atoms with Gasteiger partial charge >= 0.3 is 5.97 Å². The van der Waals surface area contributed by atoms with Gasteiger partial charge in [0.2, 0.25) is 11.5 Å². The molecule has 0 spiro atoms. The Hall–Kier alpha value is -1.10. The Morgan fingerprint density at radius 2 is 2.18 bits per heavy atom. The number of Topliss-reactive ketones (excluding diaryl/α,β-unsaturated/α-hetero) is 1. The summed E-state index contributed by atoms with van der Waals surface area (Å²) < 4.78 is 0. The molecule has 0 saturated heterocycles. The molecule has 0 atom stereocenters. The van der Waals surface area contributed by atoms with Crippen molar-refractivity contribution in [3.63, 3.8) is 0 Å². The van der Waals surface area contributed by atoms with Gasteiger partial charge in [-0.3, -0.25) is 4.79 Å². The number of rotatable bonds is 4. The van der Waals surface area contributed by atoms with Crippen molar-refractivity contribution < 1.29 is 19.5 Å². The zero-order chi connectivity index (χ0) is 8.85. The van der Waals surface area contributed by atoms with Crippen molar-refractivity contribution in [1.82, 2.24) is 0 Å². The van der Waals surface area contributed by atoms with Crippen LogP contribution < -0.4 is 0 Å². The van der Waals surface area contributed by atoms with Gasteiger partial charge in [0.05, 0.1) is 5.88 Å². The number of carboxylic acids is 1. The second-order valence-corrected chi connectivity index (χ2v) is 1.75. The molecule has 0 radical (unpaired) electrons. The maximum Gasteiger partial charge on any atom is 0.361 e. The molecule has 11 heavy (non-hydrogen) atoms. The number of aliphatic carboxylic acids is 1. The molecular formula is C5H6ClNO4. The Balaban J connectivity index is 4.48. The van der Waals surface area contributed by atoms with Gasteiger partial charge in [0.15, 0.2) is 0 Å². The van der Waals surface area contributed by atoms with Crippen molar-refractivity contribution in [3.8, 4) is 0 Å². The zero-order valence-electron chi connectivity index (χ0n) is 5.70. The van der Waals surface area contributed by atoms with E-state index in [2.05, 4.69) is 9.99 Å². The number of carbonyl (C=O) groups is 2. The van der Waals surface area contributed by atoms with Crippen molar-refractivity contribution in [2.45, 2.75) is 0 Å². The van der Waals surface area contributed by atoms with Gasteiger partial charge in [-0.15, -0.1) is 11.6 Å². The van der Waals surface area contributed by atoms with E-state index in [9.17, 15) is 9.59 Å². The highest BCUT2D eigenvalue weighted by Gasteiger charge is 2.18. The molecule has 0 saturated carbocycles. The lowest BCUT2D eigenvalue weighted by Crippen LogP contribution is -2.25. The quantitative estimate of drug-likeness (QED) is 0.283. The summed E-state index contributed by atoms with van der Waals surface area (Å²) in [5.41, 5.74) is -0.692. The molecule has 0 amide bonds. The third kappa shape index (κ3) is 2.99. The highest BCUT2D eigenvalue weighted by molar-refractivity contribution is 6.67. The average Bonchev–Trinajstić information content (AvgIpc) is 1.98. The van der Waals surface area contributed by atoms with Crippen molar-refractivity contribution in [3.05, 3.63) is 0 Å². The monoisotopic (exact) mass is 179 g/mol. The predicted octanol–water partition coefficient (Wildman–Crippen LogP) is -0.119. The van der Waals surface area contributed by atoms with Crippen LogP contribution in [-0.4, -0.2) is 35.6 Å². The van der Waals surface area contributed by atoms with E-state index in [0.717, 1.165) is 7.11 Å². The minimum absolute atomic E-state index is 0.422. The van der Waals surface area contributed by atoms with Crippen LogP contribution in [0, 0.1) is 0 Å². The number of hydrogen-bond acceptors (Lipinski definition) is 4. The first kappa shape index (κ1) is 9.90. The second kappa shape index (κ2) is 4.68. The number of carboxylic acid groups (broad SMARTS) is 1. The molecule has 62 valence electrons. The zero-order valence-corrected chi connectivity index (χ0v) is 6.46. The van der Waals surface area contributed by atoms with E-state index in [1.54, 1.807) is 0 Å². The van der Waals surface area contributed by atoms with Crippen molar-refractivity contribution in [1.29, 1.82) is 0 Å². The van der Waals surface area contributed by atoms with Gasteiger partial charge < -0.3 is 9.94 Å². The summed E-state index contributed by atoms with van der Waals surface area (Å²) in [5, 5.41) is 11.3. The molecule has 6 heteroatoms. The van der Waals surface area contributed by atoms with Gasteiger partial charge in [0.1, 0.15) is 7.11 Å². The van der Waals surface area contributed by atoms with Crippen LogP contribution in [0.15, 0.2) is 5.16 Å². The number of hydrogen-bond donors (Lipinski definition) is 1. The van der Waals surface area contributed by atoms with E-state index < -0.39 is 23.3 Å². The Labute approximate surface area is 67.6 Å². The van der Waals surface area contributed by atoms with Crippen LogP contribution in [0.5, 0.6) is 0 Å². The number of carbonyl (C=O) groups excluding carboxylic acids is 1. The number of nitrogens with zero attached hydrogens (tertiary/aromatic N) is 1. The smallest absolute Gasteiger partial charge is 0.361 e. The van der Waals surface area contributed by atoms with Crippen LogP contribution in [0.3, 0.4) is 0 Å². The van der Waals surface area contributed by atoms with Gasteiger partial charge in [-0.1, -0.05) is 5.16 Å². The van der Waals surface area contributed by atoms with Crippen molar-refractivity contribution in [2.24, 2.45) is 5.16 Å². The summed E-state index contributed by atoms with van der Waals surface area (Å²) in [6.45, 7) is 0. The highest BCUT2D eigenvalue weighted by atomic mass is 35.5. The number of oxime groups is 1. The van der Waals surface area contributed by atoms with Crippen LogP contribution in [-0.2, 0) is 14.4 Å². The first-order chi connectivity index (χ1) is 5.13. The van der Waals surface area contributed by atoms with Gasteiger partial charge in [0, 0.05) is 0 Å². The summed E-state index contributed by atoms with van der Waals surface area (Å²) >= 11 is 5.08. The molecule has 0 fully saturated rings. The predicted molar refractivity (Wildman–Crippen MR) is 37.8 cm³/mol. The van der Waals surface area contributed by atoms with Gasteiger partial charge in [-0.05, 0) is 0 Å². The maximum atomic E-state index is 10.6. The fourth-order valence-corrected chi connectivity index (χ4v) is 0.490. The second-order valence-electron chi connectivity index (χ2n) is 1.48. The van der Waals surface area contributed by atoms with Gasteiger partial charge in [-0.25, -0.2) is 4.79 Å². The fourth-order valence-electron chi connectivity index (χ4n) is 0.364. The lowest BCUT2D eigenvalue weighted by atomic mass is 10.3. The van der Waals surface area contributed by atoms with E-state index >= 15 is 0 Å². The van der Waals surface area contributed by atoms with Gasteiger partial charge in [-0.2, -0.15) is 0 Å². The van der Waals surface area contributed by atoms with Crippen LogP contribution in [0.4, 0.5) is 0 Å². The minimum atomic E-state index is -1.45. The minimum Gasteiger partial charge on any atom is -0.476 e. The first-order valence-electron chi connectivity index (χ1n) is 2.57. The van der Waals surface area contributed by atoms with Crippen LogP contribution in [0.1, 0.15) is 0 Å². The van der Waals surface area contributed by atoms with Crippen LogP contribution in [0.25, 0.3) is 0 Å². The highest BCUT2D eigenvalue weighted by Crippen LogP contribution is 1.87. The largest absolute Gasteiger partial charge is 0.476 e. The third-order valence-electron chi connectivity index (χ3n) is 0.771. The standard InChI is InChI=1S/C5H6ClNO4/c1-11-7-4(5(9)10)3(8)2-6/h2H2,1H3,(H,9,10)/b7-4+. The van der Waals surface area contributed by atoms with Crippen LogP contribution >= 0.6 is 11.6 Å². The lowest BCUT2D eigenvalue weighted by Gasteiger charge is -1.94. The van der Waals surface area contributed by atoms with E-state index in [1.807, 2.05) is 0 Å². The molecule has 0 aliphatic heterocycles. The number of halogens is 1. The summed E-state index contributed by atoms with van der Waals surface area (Å²) in [5.74, 6) is -2.65. The summed E-state index contributed by atoms with van der Waals surface area (Å²) in [4.78, 5) is 24.9. The fraction of sp³-hybridized carbons (Fsp3) is 0.400. The summed E-state index contributed by atoms with van der Waals surface area (Å²) in [6, 6.07) is 0.